The molecule has 0 aromatic heterocycles. The van der Waals surface area contributed by atoms with E-state index in [1.165, 1.54) is 12.0 Å². The van der Waals surface area contributed by atoms with Gasteiger partial charge in [-0.05, 0) is 56.7 Å². The van der Waals surface area contributed by atoms with E-state index in [2.05, 4.69) is 40.5 Å². The molecule has 2 saturated heterocycles. The molecule has 2 fully saturated rings. The second-order valence-electron chi connectivity index (χ2n) is 7.29. The molecular weight excluding hydrogens is 300 g/mol. The van der Waals surface area contributed by atoms with Crippen LogP contribution in [0.4, 0.5) is 0 Å². The summed E-state index contributed by atoms with van der Waals surface area (Å²) >= 11 is 0. The molecular formula is C20H30N2O2. The largest absolute Gasteiger partial charge is 0.384 e. The quantitative estimate of drug-likeness (QED) is 0.923. The van der Waals surface area contributed by atoms with Crippen LogP contribution in [0.5, 0.6) is 0 Å². The van der Waals surface area contributed by atoms with E-state index in [-0.39, 0.29) is 5.41 Å². The topological polar surface area (TPSA) is 41.6 Å². The highest BCUT2D eigenvalue weighted by Crippen LogP contribution is 2.34. The Hall–Kier alpha value is -1.39. The summed E-state index contributed by atoms with van der Waals surface area (Å²) in [5, 5.41) is 3.37. The zero-order valence-electron chi connectivity index (χ0n) is 14.8. The van der Waals surface area contributed by atoms with Gasteiger partial charge in [0.05, 0.1) is 12.0 Å². The van der Waals surface area contributed by atoms with Crippen LogP contribution in [0.15, 0.2) is 30.3 Å². The zero-order chi connectivity index (χ0) is 16.8. The maximum atomic E-state index is 13.3. The number of amides is 1. The van der Waals surface area contributed by atoms with Crippen LogP contribution in [-0.2, 0) is 9.53 Å². The molecule has 24 heavy (non-hydrogen) atoms. The molecule has 4 nitrogen and oxygen atoms in total. The molecule has 1 amide bonds. The van der Waals surface area contributed by atoms with Crippen molar-refractivity contribution in [2.45, 2.75) is 38.0 Å². The van der Waals surface area contributed by atoms with E-state index in [1.54, 1.807) is 7.11 Å². The van der Waals surface area contributed by atoms with Crippen LogP contribution in [-0.4, -0.2) is 50.7 Å². The normalized spacial score (nSPS) is 24.4. The van der Waals surface area contributed by atoms with Gasteiger partial charge in [-0.3, -0.25) is 4.79 Å². The third-order valence-electron chi connectivity index (χ3n) is 5.72. The van der Waals surface area contributed by atoms with E-state index in [0.29, 0.717) is 18.4 Å². The Labute approximate surface area is 145 Å². The van der Waals surface area contributed by atoms with Gasteiger partial charge in [0.25, 0.3) is 0 Å². The lowest BCUT2D eigenvalue weighted by atomic mass is 9.78. The number of hydrogen-bond donors (Lipinski definition) is 1. The van der Waals surface area contributed by atoms with Crippen molar-refractivity contribution in [1.29, 1.82) is 0 Å². The maximum absolute atomic E-state index is 13.3. The molecule has 1 atom stereocenters. The van der Waals surface area contributed by atoms with Gasteiger partial charge in [-0.15, -0.1) is 0 Å². The van der Waals surface area contributed by atoms with Crippen molar-refractivity contribution in [3.8, 4) is 0 Å². The van der Waals surface area contributed by atoms with Crippen molar-refractivity contribution in [3.05, 3.63) is 35.9 Å². The Balaban J connectivity index is 1.67. The van der Waals surface area contributed by atoms with Crippen molar-refractivity contribution >= 4 is 5.91 Å². The van der Waals surface area contributed by atoms with E-state index < -0.39 is 0 Å². The number of methoxy groups -OCH3 is 1. The summed E-state index contributed by atoms with van der Waals surface area (Å²) in [5.74, 6) is 0.898. The number of nitrogens with one attached hydrogen (secondary N) is 1. The van der Waals surface area contributed by atoms with Gasteiger partial charge in [0.15, 0.2) is 0 Å². The van der Waals surface area contributed by atoms with E-state index >= 15 is 0 Å². The van der Waals surface area contributed by atoms with Gasteiger partial charge in [0.2, 0.25) is 5.91 Å². The summed E-state index contributed by atoms with van der Waals surface area (Å²) < 4.78 is 5.44. The first-order valence-electron chi connectivity index (χ1n) is 9.29. The molecule has 0 bridgehead atoms. The van der Waals surface area contributed by atoms with E-state index in [1.807, 2.05) is 0 Å². The third-order valence-corrected chi connectivity index (χ3v) is 5.72. The lowest BCUT2D eigenvalue weighted by Gasteiger charge is -2.39. The predicted molar refractivity (Wildman–Crippen MR) is 96.0 cm³/mol. The second kappa shape index (κ2) is 8.13. The summed E-state index contributed by atoms with van der Waals surface area (Å²) in [6, 6.07) is 10.8. The second-order valence-corrected chi connectivity index (χ2v) is 7.29. The molecule has 1 N–H and O–H groups in total. The molecule has 3 rings (SSSR count). The van der Waals surface area contributed by atoms with E-state index in [4.69, 9.17) is 4.74 Å². The standard InChI is InChI=1S/C20H30N2O2/c1-24-16-20(10-12-21-13-11-20)19(23)22-14-5-8-18(9-15-22)17-6-3-2-4-7-17/h2-4,6-7,18,21H,5,8-16H2,1H3. The van der Waals surface area contributed by atoms with Crippen LogP contribution < -0.4 is 5.32 Å². The number of benzene rings is 1. The van der Waals surface area contributed by atoms with Crippen LogP contribution in [0, 0.1) is 5.41 Å². The molecule has 4 heteroatoms. The first-order valence-corrected chi connectivity index (χ1v) is 9.29. The molecule has 0 aliphatic carbocycles. The van der Waals surface area contributed by atoms with Crippen molar-refractivity contribution in [1.82, 2.24) is 10.2 Å². The van der Waals surface area contributed by atoms with Gasteiger partial charge in [0, 0.05) is 20.2 Å². The van der Waals surface area contributed by atoms with Crippen LogP contribution >= 0.6 is 0 Å². The Bertz CT molecular complexity index is 520. The number of carbonyl (C=O) groups excluding carboxylic acids is 1. The molecule has 132 valence electrons. The minimum absolute atomic E-state index is 0.313. The van der Waals surface area contributed by atoms with Crippen LogP contribution in [0.2, 0.25) is 0 Å². The average molecular weight is 330 g/mol. The van der Waals surface area contributed by atoms with Gasteiger partial charge < -0.3 is 15.0 Å². The number of nitrogens with zero attached hydrogens (tertiary/aromatic N) is 1. The molecule has 1 aromatic carbocycles. The van der Waals surface area contributed by atoms with Gasteiger partial charge in [0.1, 0.15) is 0 Å². The number of carbonyl (C=O) groups is 1. The molecule has 1 unspecified atom stereocenters. The zero-order valence-corrected chi connectivity index (χ0v) is 14.8. The Morgan fingerprint density at radius 3 is 2.67 bits per heavy atom. The fraction of sp³-hybridized carbons (Fsp3) is 0.650. The van der Waals surface area contributed by atoms with Crippen molar-refractivity contribution < 1.29 is 9.53 Å². The van der Waals surface area contributed by atoms with Gasteiger partial charge in [-0.1, -0.05) is 30.3 Å². The van der Waals surface area contributed by atoms with Crippen LogP contribution in [0.25, 0.3) is 0 Å². The molecule has 2 heterocycles. The average Bonchev–Trinajstić information content (AvgIpc) is 2.89. The first kappa shape index (κ1) is 17.4. The lowest BCUT2D eigenvalue weighted by Crippen LogP contribution is -2.51. The lowest BCUT2D eigenvalue weighted by molar-refractivity contribution is -0.147. The van der Waals surface area contributed by atoms with E-state index in [9.17, 15) is 4.79 Å². The molecule has 1 aromatic rings. The monoisotopic (exact) mass is 330 g/mol. The van der Waals surface area contributed by atoms with Gasteiger partial charge in [-0.2, -0.15) is 0 Å². The first-order chi connectivity index (χ1) is 11.7. The fourth-order valence-corrected chi connectivity index (χ4v) is 4.29. The van der Waals surface area contributed by atoms with Crippen molar-refractivity contribution in [2.75, 3.05) is 39.9 Å². The van der Waals surface area contributed by atoms with Crippen LogP contribution in [0.3, 0.4) is 0 Å². The molecule has 2 aliphatic rings. The molecule has 2 aliphatic heterocycles. The maximum Gasteiger partial charge on any atom is 0.231 e. The highest BCUT2D eigenvalue weighted by Gasteiger charge is 2.42. The summed E-state index contributed by atoms with van der Waals surface area (Å²) in [6.07, 6.45) is 5.10. The van der Waals surface area contributed by atoms with Gasteiger partial charge in [-0.25, -0.2) is 0 Å². The number of hydrogen-bond acceptors (Lipinski definition) is 3. The summed E-state index contributed by atoms with van der Waals surface area (Å²) in [4.78, 5) is 15.4. The van der Waals surface area contributed by atoms with Crippen molar-refractivity contribution in [3.63, 3.8) is 0 Å². The molecule has 0 radical (unpaired) electrons. The fourth-order valence-electron chi connectivity index (χ4n) is 4.29. The number of ether oxygens (including phenoxy) is 1. The van der Waals surface area contributed by atoms with Crippen molar-refractivity contribution in [2.24, 2.45) is 5.41 Å². The summed E-state index contributed by atoms with van der Waals surface area (Å²) in [6.45, 7) is 4.13. The Kier molecular flexibility index (Phi) is 5.90. The number of rotatable bonds is 4. The van der Waals surface area contributed by atoms with E-state index in [0.717, 1.165) is 51.9 Å². The third kappa shape index (κ3) is 3.81. The molecule has 0 spiro atoms. The minimum Gasteiger partial charge on any atom is -0.384 e. The SMILES string of the molecule is COCC1(C(=O)N2CCCC(c3ccccc3)CC2)CCNCC1. The number of piperidine rings is 1. The highest BCUT2D eigenvalue weighted by molar-refractivity contribution is 5.83. The Morgan fingerprint density at radius 2 is 1.96 bits per heavy atom. The highest BCUT2D eigenvalue weighted by atomic mass is 16.5. The number of likely N-dealkylation sites (tertiary alicyclic amines) is 1. The predicted octanol–water partition coefficient (Wildman–Crippen LogP) is 2.80. The van der Waals surface area contributed by atoms with Crippen LogP contribution in [0.1, 0.15) is 43.6 Å². The summed E-state index contributed by atoms with van der Waals surface area (Å²) in [5.41, 5.74) is 1.10. The minimum atomic E-state index is -0.313. The molecule has 0 saturated carbocycles. The Morgan fingerprint density at radius 1 is 1.21 bits per heavy atom. The summed E-state index contributed by atoms with van der Waals surface area (Å²) in [7, 11) is 1.71. The van der Waals surface area contributed by atoms with Gasteiger partial charge >= 0.3 is 0 Å². The smallest absolute Gasteiger partial charge is 0.231 e.